The molecular weight excluding hydrogens is 1210 g/mol. The summed E-state index contributed by atoms with van der Waals surface area (Å²) in [5.41, 5.74) is -11.8. The molecule has 12 fully saturated rings. The van der Waals surface area contributed by atoms with E-state index in [0.717, 1.165) is 0 Å². The van der Waals surface area contributed by atoms with Crippen molar-refractivity contribution < 1.29 is 107 Å². The second kappa shape index (κ2) is 23.2. The molecule has 2 aliphatic heterocycles. The molecule has 14 rings (SSSR count). The number of methoxy groups -OCH3 is 8. The molecule has 6 N–H and O–H groups in total. The van der Waals surface area contributed by atoms with Crippen LogP contribution in [0.4, 0.5) is 0 Å². The summed E-state index contributed by atoms with van der Waals surface area (Å²) in [5, 5.41) is 79.1. The molecule has 0 aromatic heterocycles. The van der Waals surface area contributed by atoms with Crippen LogP contribution in [0.3, 0.4) is 0 Å². The fraction of sp³-hybridized carbons (Fsp3) is 0.768. The first-order chi connectivity index (χ1) is 44.6. The highest BCUT2D eigenvalue weighted by atomic mass is 16.6. The zero-order valence-electron chi connectivity index (χ0n) is 54.8. The van der Waals surface area contributed by atoms with Crippen molar-refractivity contribution in [1.29, 1.82) is 0 Å². The van der Waals surface area contributed by atoms with Crippen LogP contribution >= 0.6 is 0 Å². The van der Waals surface area contributed by atoms with Gasteiger partial charge in [0.2, 0.25) is 0 Å². The van der Waals surface area contributed by atoms with Crippen LogP contribution in [0.25, 0.3) is 0 Å². The number of carbonyl (C=O) groups is 4. The number of ether oxygens (including phenoxy) is 12. The molecule has 93 heavy (non-hydrogen) atoms. The Morgan fingerprint density at radius 1 is 0.505 bits per heavy atom. The Morgan fingerprint density at radius 3 is 1.20 bits per heavy atom. The van der Waals surface area contributed by atoms with Gasteiger partial charge in [-0.25, -0.2) is 9.59 Å². The van der Waals surface area contributed by atoms with Gasteiger partial charge in [0.1, 0.15) is 47.8 Å². The average molecular weight is 1300 g/mol. The Kier molecular flexibility index (Phi) is 16.4. The number of aliphatic hydroxyl groups excluding tert-OH is 4. The van der Waals surface area contributed by atoms with E-state index in [2.05, 4.69) is 9.80 Å². The van der Waals surface area contributed by atoms with E-state index in [1.165, 1.54) is 14.2 Å². The summed E-state index contributed by atoms with van der Waals surface area (Å²) in [6.45, 7) is 5.79. The smallest absolute Gasteiger partial charge is 0.338 e. The van der Waals surface area contributed by atoms with Gasteiger partial charge in [0.05, 0.1) is 61.0 Å². The highest BCUT2D eigenvalue weighted by Crippen LogP contribution is 2.83. The third-order valence-corrected chi connectivity index (χ3v) is 27.0. The summed E-state index contributed by atoms with van der Waals surface area (Å²) in [6, 6.07) is 15.5. The number of benzene rings is 2. The summed E-state index contributed by atoms with van der Waals surface area (Å²) in [6.07, 6.45) is -15.4. The first-order valence-corrected chi connectivity index (χ1v) is 33.4. The van der Waals surface area contributed by atoms with Crippen molar-refractivity contribution in [3.05, 3.63) is 71.8 Å². The molecule has 2 aromatic carbocycles. The summed E-state index contributed by atoms with van der Waals surface area (Å²) in [7, 11) is 12.2. The Labute approximate surface area is 542 Å². The van der Waals surface area contributed by atoms with E-state index in [1.807, 2.05) is 13.8 Å². The number of esters is 4. The summed E-state index contributed by atoms with van der Waals surface area (Å²) < 4.78 is 78.6. The molecule has 2 saturated heterocycles. The van der Waals surface area contributed by atoms with Crippen molar-refractivity contribution in [3.8, 4) is 0 Å². The number of nitrogens with zero attached hydrogens (tertiary/aromatic N) is 2. The van der Waals surface area contributed by atoms with E-state index in [-0.39, 0.29) is 56.4 Å². The lowest BCUT2D eigenvalue weighted by molar-refractivity contribution is -0.323. The maximum absolute atomic E-state index is 15.6. The Balaban J connectivity index is 0.853. The number of hydrogen-bond acceptors (Lipinski definition) is 24. The number of rotatable bonds is 22. The molecule has 2 aromatic rings. The van der Waals surface area contributed by atoms with Crippen LogP contribution in [0.2, 0.25) is 0 Å². The minimum absolute atomic E-state index is 0.0926. The van der Waals surface area contributed by atoms with Crippen molar-refractivity contribution in [2.45, 2.75) is 167 Å². The SMILES string of the molecule is CCN1C[C@]2(COC)[C@H](O)C[C@H](OC)[C@]34C1[C@H]([C@H](OC)[C@H]23)[C@]1(OC(=O)CCCC(=O)O[C@]23[C@H]5[C@@H](OC(=O)c6ccccc6)[C@](O)(C[C@H]5[C@@]56C7[C@@H]2[C@H](OC)[C@@H]5[C@](COC)(CN7CC)[C@H](O)C[C@@H]6OC)[C@@H](OC)[C@@H]3O)[C@H]2[C@@H](OC(=O)c3ccccc3)[C@](O)(C[C@H]24)[C@@H](OC)[C@@H]1O. The molecule has 12 aliphatic rings. The second-order valence-electron chi connectivity index (χ2n) is 29.5. The predicted octanol–water partition coefficient (Wildman–Crippen LogP) is 1.44. The molecular formula is C69H94N2O22. The number of hydrogen-bond donors (Lipinski definition) is 6. The molecule has 2 spiro atoms. The average Bonchev–Trinajstić information content (AvgIpc) is 1.46. The Hall–Kier alpha value is -4.32. The van der Waals surface area contributed by atoms with Gasteiger partial charge in [-0.2, -0.15) is 0 Å². The molecule has 512 valence electrons. The van der Waals surface area contributed by atoms with Gasteiger partial charge in [0, 0.05) is 165 Å². The fourth-order valence-corrected chi connectivity index (χ4v) is 25.0. The maximum atomic E-state index is 15.6. The van der Waals surface area contributed by atoms with Crippen LogP contribution in [0.5, 0.6) is 0 Å². The number of fused-ring (bicyclic) bond motifs is 4. The van der Waals surface area contributed by atoms with Crippen molar-refractivity contribution in [3.63, 3.8) is 0 Å². The minimum atomic E-state index is -2.06. The molecule has 10 aliphatic carbocycles. The van der Waals surface area contributed by atoms with Crippen LogP contribution in [-0.4, -0.2) is 268 Å². The lowest BCUT2D eigenvalue weighted by atomic mass is 9.42. The number of carbonyl (C=O) groups excluding carboxylic acids is 4. The minimum Gasteiger partial charge on any atom is -0.455 e. The van der Waals surface area contributed by atoms with Gasteiger partial charge < -0.3 is 87.5 Å². The van der Waals surface area contributed by atoms with Gasteiger partial charge in [-0.3, -0.25) is 19.4 Å². The van der Waals surface area contributed by atoms with Crippen molar-refractivity contribution in [1.82, 2.24) is 9.80 Å². The van der Waals surface area contributed by atoms with Gasteiger partial charge in [-0.15, -0.1) is 0 Å². The first-order valence-electron chi connectivity index (χ1n) is 33.4. The van der Waals surface area contributed by atoms with Crippen LogP contribution in [0, 0.1) is 69.0 Å². The number of aliphatic hydroxyl groups is 6. The largest absolute Gasteiger partial charge is 0.455 e. The third-order valence-electron chi connectivity index (χ3n) is 27.0. The van der Waals surface area contributed by atoms with Crippen molar-refractivity contribution in [2.75, 3.05) is 96.3 Å². The number of likely N-dealkylation sites (tertiary alicyclic amines) is 2. The normalized spacial score (nSPS) is 49.7. The summed E-state index contributed by atoms with van der Waals surface area (Å²) in [5.74, 6) is -10.0. The summed E-state index contributed by atoms with van der Waals surface area (Å²) >= 11 is 0. The van der Waals surface area contributed by atoms with Gasteiger partial charge in [-0.1, -0.05) is 50.2 Å². The molecule has 2 heterocycles. The van der Waals surface area contributed by atoms with E-state index < -0.39 is 213 Å². The molecule has 0 amide bonds. The van der Waals surface area contributed by atoms with Crippen molar-refractivity contribution >= 4 is 23.9 Å². The van der Waals surface area contributed by atoms with E-state index in [4.69, 9.17) is 56.8 Å². The van der Waals surface area contributed by atoms with Gasteiger partial charge >= 0.3 is 23.9 Å². The summed E-state index contributed by atoms with van der Waals surface area (Å²) in [4.78, 5) is 64.9. The van der Waals surface area contributed by atoms with E-state index in [1.54, 1.807) is 103 Å². The number of piperidine rings is 2. The molecule has 30 atom stereocenters. The van der Waals surface area contributed by atoms with E-state index in [9.17, 15) is 40.2 Å². The Morgan fingerprint density at radius 2 is 0.882 bits per heavy atom. The van der Waals surface area contributed by atoms with Crippen LogP contribution < -0.4 is 0 Å². The lowest BCUT2D eigenvalue weighted by Crippen LogP contribution is -2.81. The van der Waals surface area contributed by atoms with Crippen molar-refractivity contribution in [2.24, 2.45) is 69.0 Å². The molecule has 2 unspecified atom stereocenters. The molecule has 10 saturated carbocycles. The fourth-order valence-electron chi connectivity index (χ4n) is 25.0. The van der Waals surface area contributed by atoms with E-state index in [0.29, 0.717) is 26.2 Å². The molecule has 24 heteroatoms. The molecule has 24 nitrogen and oxygen atoms in total. The first kappa shape index (κ1) is 65.9. The highest BCUT2D eigenvalue weighted by molar-refractivity contribution is 5.90. The third kappa shape index (κ3) is 8.00. The van der Waals surface area contributed by atoms with Gasteiger partial charge in [0.15, 0.2) is 11.2 Å². The van der Waals surface area contributed by atoms with E-state index >= 15 is 9.59 Å². The lowest BCUT2D eigenvalue weighted by Gasteiger charge is -2.70. The second-order valence-corrected chi connectivity index (χ2v) is 29.5. The van der Waals surface area contributed by atoms with Crippen LogP contribution in [-0.2, 0) is 66.4 Å². The highest BCUT2D eigenvalue weighted by Gasteiger charge is 2.95. The Bertz CT molecular complexity index is 2980. The monoisotopic (exact) mass is 1300 g/mol. The van der Waals surface area contributed by atoms with Crippen LogP contribution in [0.1, 0.15) is 79.5 Å². The zero-order valence-corrected chi connectivity index (χ0v) is 54.8. The molecule has 14 bridgehead atoms. The van der Waals surface area contributed by atoms with Gasteiger partial charge in [-0.05, 0) is 68.5 Å². The van der Waals surface area contributed by atoms with Crippen LogP contribution in [0.15, 0.2) is 60.7 Å². The van der Waals surface area contributed by atoms with Gasteiger partial charge in [0.25, 0.3) is 0 Å². The topological polar surface area (TPSA) is 307 Å². The molecule has 0 radical (unpaired) electrons. The quantitative estimate of drug-likeness (QED) is 0.0718. The standard InChI is InChI=1S/C69H94N2O22/c1-11-70-30-62(32-82-3)38(72)26-40(84-5)66-36-28-64(80)56(90-60(78)34-20-15-13-16-21-34)44(36)68(54(76)58(64)88-9,46(52(66)70)48(86-7)50(62)66)92-42(74)24-19-25-43(75)93-69-45-37(29-65(81,59(89-10)55(69)77)57(45)91-61(79)35-22-17-14-18-23-35)67-41(85-6)27-39(73)63(33-83-4)31-71(12-2)53(67)47(69)49(87-8)51(63)67/h13-18,20-23,36-41,44-59,72-73,76-77,80-81H,11-12,19,24-33H2,1-10H3/t36-,37-,38-,39-,40+,41+,44-,45-,46+,47+,48+,49+,50-,51-,52?,53?,54+,55+,56-,57-,58+,59+,62+,63+,64-,65-,66+,67+,68-,69-/m1/s1. The zero-order chi connectivity index (χ0) is 66.1. The predicted molar refractivity (Wildman–Crippen MR) is 323 cm³/mol. The maximum Gasteiger partial charge on any atom is 0.338 e.